The summed E-state index contributed by atoms with van der Waals surface area (Å²) in [6.45, 7) is -0.0580. The molecule has 0 radical (unpaired) electrons. The topological polar surface area (TPSA) is 83.6 Å². The Kier molecular flexibility index (Phi) is 3.26. The molecule has 0 bridgehead atoms. The van der Waals surface area contributed by atoms with Crippen LogP contribution in [0.4, 0.5) is 14.5 Å². The number of anilines is 1. The molecule has 3 N–H and O–H groups in total. The van der Waals surface area contributed by atoms with Crippen molar-refractivity contribution >= 4 is 15.7 Å². The summed E-state index contributed by atoms with van der Waals surface area (Å²) in [4.78, 5) is -0.797. The fraction of sp³-hybridized carbons (Fsp3) is 0.400. The molecular formula is C10H12F2N2O3S. The lowest BCUT2D eigenvalue weighted by atomic mass is 10.3. The minimum absolute atomic E-state index is 0.0688. The number of aliphatic hydroxyl groups is 1. The van der Waals surface area contributed by atoms with Gasteiger partial charge in [-0.25, -0.2) is 17.2 Å². The summed E-state index contributed by atoms with van der Waals surface area (Å²) in [5.41, 5.74) is 5.14. The molecule has 1 fully saturated rings. The van der Waals surface area contributed by atoms with Crippen molar-refractivity contribution in [2.24, 2.45) is 0 Å². The lowest BCUT2D eigenvalue weighted by Gasteiger charge is -2.16. The van der Waals surface area contributed by atoms with Gasteiger partial charge >= 0.3 is 0 Å². The molecule has 2 rings (SSSR count). The number of β-amino-alcohol motifs (C(OH)–C–C–N with tert-alkyl or cyclic N) is 1. The van der Waals surface area contributed by atoms with Crippen molar-refractivity contribution in [3.8, 4) is 0 Å². The number of sulfonamides is 1. The number of benzene rings is 1. The van der Waals surface area contributed by atoms with E-state index in [4.69, 9.17) is 5.73 Å². The van der Waals surface area contributed by atoms with E-state index < -0.39 is 32.7 Å². The van der Waals surface area contributed by atoms with Gasteiger partial charge in [0.1, 0.15) is 4.90 Å². The average Bonchev–Trinajstić information content (AvgIpc) is 2.70. The Morgan fingerprint density at radius 3 is 2.61 bits per heavy atom. The van der Waals surface area contributed by atoms with Crippen molar-refractivity contribution in [2.75, 3.05) is 18.8 Å². The normalized spacial score (nSPS) is 21.4. The van der Waals surface area contributed by atoms with Gasteiger partial charge in [-0.3, -0.25) is 0 Å². The van der Waals surface area contributed by atoms with Crippen molar-refractivity contribution in [2.45, 2.75) is 17.4 Å². The van der Waals surface area contributed by atoms with Gasteiger partial charge in [0, 0.05) is 18.8 Å². The van der Waals surface area contributed by atoms with Crippen LogP contribution in [0.5, 0.6) is 0 Å². The molecule has 1 heterocycles. The van der Waals surface area contributed by atoms with E-state index in [2.05, 4.69) is 0 Å². The number of halogens is 2. The summed E-state index contributed by atoms with van der Waals surface area (Å²) in [5.74, 6) is -2.76. The molecule has 1 atom stereocenters. The van der Waals surface area contributed by atoms with Gasteiger partial charge in [-0.05, 0) is 18.6 Å². The van der Waals surface area contributed by atoms with Gasteiger partial charge in [-0.2, -0.15) is 4.31 Å². The van der Waals surface area contributed by atoms with E-state index in [1.54, 1.807) is 0 Å². The van der Waals surface area contributed by atoms with E-state index in [0.717, 1.165) is 10.4 Å². The van der Waals surface area contributed by atoms with Crippen molar-refractivity contribution < 1.29 is 22.3 Å². The quantitative estimate of drug-likeness (QED) is 0.762. The van der Waals surface area contributed by atoms with Crippen LogP contribution in [0.2, 0.25) is 0 Å². The van der Waals surface area contributed by atoms with Crippen LogP contribution in [-0.4, -0.2) is 37.0 Å². The molecule has 1 aromatic carbocycles. The number of rotatable bonds is 2. The highest BCUT2D eigenvalue weighted by Gasteiger charge is 2.34. The van der Waals surface area contributed by atoms with E-state index in [1.807, 2.05) is 0 Å². The molecule has 1 saturated heterocycles. The Morgan fingerprint density at radius 2 is 2.06 bits per heavy atom. The predicted molar refractivity (Wildman–Crippen MR) is 60.2 cm³/mol. The van der Waals surface area contributed by atoms with Gasteiger partial charge in [0.25, 0.3) is 0 Å². The Balaban J connectivity index is 2.48. The van der Waals surface area contributed by atoms with Crippen molar-refractivity contribution in [3.05, 3.63) is 23.8 Å². The Hall–Kier alpha value is -1.25. The summed E-state index contributed by atoms with van der Waals surface area (Å²) in [6, 6.07) is 1.59. The van der Waals surface area contributed by atoms with Crippen LogP contribution in [-0.2, 0) is 10.0 Å². The van der Waals surface area contributed by atoms with Gasteiger partial charge in [-0.15, -0.1) is 0 Å². The molecule has 0 aliphatic carbocycles. The molecular weight excluding hydrogens is 266 g/mol. The molecule has 100 valence electrons. The number of nitrogen functional groups attached to an aromatic ring is 1. The fourth-order valence-electron chi connectivity index (χ4n) is 1.84. The SMILES string of the molecule is Nc1cc(F)c(F)c(S(=O)(=O)N2CCC(O)C2)c1. The maximum absolute atomic E-state index is 13.5. The first-order chi connectivity index (χ1) is 8.32. The molecule has 0 aromatic heterocycles. The lowest BCUT2D eigenvalue weighted by molar-refractivity contribution is 0.189. The minimum Gasteiger partial charge on any atom is -0.399 e. The van der Waals surface area contributed by atoms with Crippen LogP contribution in [0.3, 0.4) is 0 Å². The summed E-state index contributed by atoms with van der Waals surface area (Å²) in [6.07, 6.45) is -0.514. The van der Waals surface area contributed by atoms with Crippen LogP contribution >= 0.6 is 0 Å². The van der Waals surface area contributed by atoms with Crippen LogP contribution in [0, 0.1) is 11.6 Å². The number of nitrogens with two attached hydrogens (primary N) is 1. The van der Waals surface area contributed by atoms with Crippen molar-refractivity contribution in [1.82, 2.24) is 4.31 Å². The molecule has 18 heavy (non-hydrogen) atoms. The third-order valence-electron chi connectivity index (χ3n) is 2.76. The smallest absolute Gasteiger partial charge is 0.246 e. The molecule has 1 aromatic rings. The van der Waals surface area contributed by atoms with Gasteiger partial charge in [0.05, 0.1) is 6.10 Å². The first kappa shape index (κ1) is 13.2. The van der Waals surface area contributed by atoms with Crippen LogP contribution in [0.25, 0.3) is 0 Å². The second-order valence-corrected chi connectivity index (χ2v) is 6.03. The molecule has 0 spiro atoms. The van der Waals surface area contributed by atoms with Gasteiger partial charge in [-0.1, -0.05) is 0 Å². The molecule has 1 aliphatic heterocycles. The van der Waals surface area contributed by atoms with Gasteiger partial charge < -0.3 is 10.8 Å². The third-order valence-corrected chi connectivity index (χ3v) is 4.63. The zero-order valence-corrected chi connectivity index (χ0v) is 10.1. The summed E-state index contributed by atoms with van der Waals surface area (Å²) in [7, 11) is -4.17. The highest BCUT2D eigenvalue weighted by atomic mass is 32.2. The summed E-state index contributed by atoms with van der Waals surface area (Å²) >= 11 is 0. The first-order valence-electron chi connectivity index (χ1n) is 5.25. The maximum atomic E-state index is 13.5. The molecule has 5 nitrogen and oxygen atoms in total. The number of nitrogens with zero attached hydrogens (tertiary/aromatic N) is 1. The Labute approximate surface area is 103 Å². The second-order valence-electron chi connectivity index (χ2n) is 4.12. The number of aliphatic hydroxyl groups excluding tert-OH is 1. The highest BCUT2D eigenvalue weighted by molar-refractivity contribution is 7.89. The molecule has 1 aliphatic rings. The van der Waals surface area contributed by atoms with E-state index in [-0.39, 0.29) is 25.2 Å². The van der Waals surface area contributed by atoms with Gasteiger partial charge in [0.15, 0.2) is 11.6 Å². The summed E-state index contributed by atoms with van der Waals surface area (Å²) in [5, 5.41) is 9.29. The van der Waals surface area contributed by atoms with Crippen LogP contribution in [0.15, 0.2) is 17.0 Å². The van der Waals surface area contributed by atoms with E-state index >= 15 is 0 Å². The predicted octanol–water partition coefficient (Wildman–Crippen LogP) is 0.302. The summed E-state index contributed by atoms with van der Waals surface area (Å²) < 4.78 is 51.7. The molecule has 8 heteroatoms. The second kappa shape index (κ2) is 4.45. The molecule has 0 saturated carbocycles. The first-order valence-corrected chi connectivity index (χ1v) is 6.69. The number of hydrogen-bond acceptors (Lipinski definition) is 4. The Morgan fingerprint density at radius 1 is 1.39 bits per heavy atom. The largest absolute Gasteiger partial charge is 0.399 e. The monoisotopic (exact) mass is 278 g/mol. The van der Waals surface area contributed by atoms with E-state index in [9.17, 15) is 22.3 Å². The zero-order valence-electron chi connectivity index (χ0n) is 9.31. The van der Waals surface area contributed by atoms with Gasteiger partial charge in [0.2, 0.25) is 10.0 Å². The highest BCUT2D eigenvalue weighted by Crippen LogP contribution is 2.26. The molecule has 0 amide bonds. The molecule has 1 unspecified atom stereocenters. The van der Waals surface area contributed by atoms with Crippen molar-refractivity contribution in [1.29, 1.82) is 0 Å². The zero-order chi connectivity index (χ0) is 13.5. The number of hydrogen-bond donors (Lipinski definition) is 2. The van der Waals surface area contributed by atoms with Crippen LogP contribution in [0.1, 0.15) is 6.42 Å². The van der Waals surface area contributed by atoms with E-state index in [1.165, 1.54) is 0 Å². The Bertz CT molecular complexity index is 577. The maximum Gasteiger partial charge on any atom is 0.246 e. The minimum atomic E-state index is -4.17. The van der Waals surface area contributed by atoms with Crippen molar-refractivity contribution in [3.63, 3.8) is 0 Å². The fourth-order valence-corrected chi connectivity index (χ4v) is 3.44. The average molecular weight is 278 g/mol. The third kappa shape index (κ3) is 2.18. The standard InChI is InChI=1S/C10H12F2N2O3S/c11-8-3-6(13)4-9(10(8)12)18(16,17)14-2-1-7(15)5-14/h3-4,7,15H,1-2,5,13H2. The lowest BCUT2D eigenvalue weighted by Crippen LogP contribution is -2.30. The van der Waals surface area contributed by atoms with Crippen LogP contribution < -0.4 is 5.73 Å². The van der Waals surface area contributed by atoms with E-state index in [0.29, 0.717) is 6.07 Å².